The normalized spacial score (nSPS) is 22.8. The van der Waals surface area contributed by atoms with Crippen molar-refractivity contribution in [3.05, 3.63) is 24.5 Å². The van der Waals surface area contributed by atoms with Crippen molar-refractivity contribution in [2.24, 2.45) is 0 Å². The van der Waals surface area contributed by atoms with Crippen LogP contribution in [-0.2, 0) is 4.74 Å². The minimum absolute atomic E-state index is 0.188. The van der Waals surface area contributed by atoms with Gasteiger partial charge in [0.05, 0.1) is 24.1 Å². The number of urea groups is 1. The third kappa shape index (κ3) is 5.69. The first-order valence-electron chi connectivity index (χ1n) is 7.46. The van der Waals surface area contributed by atoms with Gasteiger partial charge in [-0.25, -0.2) is 4.79 Å². The van der Waals surface area contributed by atoms with E-state index >= 15 is 0 Å². The van der Waals surface area contributed by atoms with Crippen LogP contribution in [0.5, 0.6) is 0 Å². The Balaban J connectivity index is 1.60. The average molecular weight is 292 g/mol. The Labute approximate surface area is 125 Å². The molecule has 1 aromatic rings. The SMILES string of the molecule is C[C@H]1CN(CCCNC(=O)Nc2cccnc2)C[C@H](C)O1. The Morgan fingerprint density at radius 1 is 1.43 bits per heavy atom. The monoisotopic (exact) mass is 292 g/mol. The molecule has 2 rings (SSSR count). The second kappa shape index (κ2) is 7.95. The van der Waals surface area contributed by atoms with E-state index in [1.165, 1.54) is 0 Å². The molecule has 0 radical (unpaired) electrons. The molecule has 2 heterocycles. The van der Waals surface area contributed by atoms with Crippen LogP contribution in [0.2, 0.25) is 0 Å². The first kappa shape index (κ1) is 15.7. The van der Waals surface area contributed by atoms with Crippen molar-refractivity contribution in [1.82, 2.24) is 15.2 Å². The number of morpholine rings is 1. The number of ether oxygens (including phenoxy) is 1. The van der Waals surface area contributed by atoms with Crippen LogP contribution >= 0.6 is 0 Å². The Bertz CT molecular complexity index is 431. The zero-order valence-electron chi connectivity index (χ0n) is 12.7. The topological polar surface area (TPSA) is 66.5 Å². The maximum absolute atomic E-state index is 11.7. The van der Waals surface area contributed by atoms with Gasteiger partial charge in [-0.1, -0.05) is 0 Å². The van der Waals surface area contributed by atoms with Gasteiger partial charge < -0.3 is 15.4 Å². The van der Waals surface area contributed by atoms with Crippen LogP contribution in [0, 0.1) is 0 Å². The van der Waals surface area contributed by atoms with E-state index in [1.54, 1.807) is 18.5 Å². The molecule has 2 N–H and O–H groups in total. The first-order chi connectivity index (χ1) is 10.1. The molecule has 0 saturated carbocycles. The summed E-state index contributed by atoms with van der Waals surface area (Å²) in [6.07, 6.45) is 4.80. The van der Waals surface area contributed by atoms with Crippen molar-refractivity contribution in [1.29, 1.82) is 0 Å². The van der Waals surface area contributed by atoms with E-state index < -0.39 is 0 Å². The number of aromatic nitrogens is 1. The van der Waals surface area contributed by atoms with E-state index in [9.17, 15) is 4.79 Å². The summed E-state index contributed by atoms with van der Waals surface area (Å²) in [6.45, 7) is 7.76. The number of nitrogens with one attached hydrogen (secondary N) is 2. The fourth-order valence-corrected chi connectivity index (χ4v) is 2.58. The first-order valence-corrected chi connectivity index (χ1v) is 7.46. The van der Waals surface area contributed by atoms with Crippen molar-refractivity contribution in [2.75, 3.05) is 31.5 Å². The maximum atomic E-state index is 11.7. The van der Waals surface area contributed by atoms with E-state index in [1.807, 2.05) is 6.07 Å². The Morgan fingerprint density at radius 3 is 2.86 bits per heavy atom. The number of hydrogen-bond donors (Lipinski definition) is 2. The standard InChI is InChI=1S/C15H24N4O2/c1-12-10-19(11-13(2)21-12)8-4-7-17-15(20)18-14-5-3-6-16-9-14/h3,5-6,9,12-13H,4,7-8,10-11H2,1-2H3,(H2,17,18,20)/t12-,13-/m0/s1. The van der Waals surface area contributed by atoms with Gasteiger partial charge >= 0.3 is 6.03 Å². The summed E-state index contributed by atoms with van der Waals surface area (Å²) in [4.78, 5) is 18.0. The van der Waals surface area contributed by atoms with Gasteiger partial charge in [0.2, 0.25) is 0 Å². The largest absolute Gasteiger partial charge is 0.373 e. The fourth-order valence-electron chi connectivity index (χ4n) is 2.58. The highest BCUT2D eigenvalue weighted by molar-refractivity contribution is 5.88. The van der Waals surface area contributed by atoms with E-state index in [0.29, 0.717) is 12.2 Å². The zero-order valence-corrected chi connectivity index (χ0v) is 12.7. The molecule has 1 aliphatic heterocycles. The van der Waals surface area contributed by atoms with Crippen molar-refractivity contribution in [3.63, 3.8) is 0 Å². The molecule has 0 bridgehead atoms. The van der Waals surface area contributed by atoms with Gasteiger partial charge in [0.25, 0.3) is 0 Å². The van der Waals surface area contributed by atoms with Crippen LogP contribution in [0.4, 0.5) is 10.5 Å². The maximum Gasteiger partial charge on any atom is 0.319 e. The highest BCUT2D eigenvalue weighted by atomic mass is 16.5. The number of carbonyl (C=O) groups excluding carboxylic acids is 1. The van der Waals surface area contributed by atoms with Crippen molar-refractivity contribution < 1.29 is 9.53 Å². The Kier molecular flexibility index (Phi) is 5.95. The molecule has 0 aliphatic carbocycles. The van der Waals surface area contributed by atoms with Crippen LogP contribution in [-0.4, -0.2) is 54.3 Å². The summed E-state index contributed by atoms with van der Waals surface area (Å²) in [5.41, 5.74) is 0.700. The molecule has 2 atom stereocenters. The predicted molar refractivity (Wildman–Crippen MR) is 82.3 cm³/mol. The second-order valence-electron chi connectivity index (χ2n) is 5.49. The lowest BCUT2D eigenvalue weighted by atomic mass is 10.2. The molecule has 1 aliphatic rings. The zero-order chi connectivity index (χ0) is 15.1. The number of carbonyl (C=O) groups is 1. The second-order valence-corrected chi connectivity index (χ2v) is 5.49. The molecule has 0 spiro atoms. The average Bonchev–Trinajstić information content (AvgIpc) is 2.44. The minimum Gasteiger partial charge on any atom is -0.373 e. The number of amides is 2. The predicted octanol–water partition coefficient (Wildman–Crippen LogP) is 1.70. The molecule has 21 heavy (non-hydrogen) atoms. The van der Waals surface area contributed by atoms with Crippen molar-refractivity contribution in [2.45, 2.75) is 32.5 Å². The smallest absolute Gasteiger partial charge is 0.319 e. The van der Waals surface area contributed by atoms with E-state index in [0.717, 1.165) is 26.1 Å². The molecule has 2 amide bonds. The molecular formula is C15H24N4O2. The molecule has 1 saturated heterocycles. The van der Waals surface area contributed by atoms with Crippen LogP contribution in [0.1, 0.15) is 20.3 Å². The van der Waals surface area contributed by atoms with Crippen LogP contribution in [0.3, 0.4) is 0 Å². The summed E-state index contributed by atoms with van der Waals surface area (Å²) in [5, 5.41) is 5.61. The Morgan fingerprint density at radius 2 is 2.19 bits per heavy atom. The van der Waals surface area contributed by atoms with Gasteiger partial charge in [0, 0.05) is 32.4 Å². The van der Waals surface area contributed by atoms with Gasteiger partial charge in [-0.15, -0.1) is 0 Å². The number of anilines is 1. The van der Waals surface area contributed by atoms with Gasteiger partial charge in [-0.2, -0.15) is 0 Å². The summed E-state index contributed by atoms with van der Waals surface area (Å²) in [5.74, 6) is 0. The summed E-state index contributed by atoms with van der Waals surface area (Å²) in [7, 11) is 0. The number of pyridine rings is 1. The number of rotatable bonds is 5. The molecular weight excluding hydrogens is 268 g/mol. The van der Waals surface area contributed by atoms with Crippen LogP contribution < -0.4 is 10.6 Å². The molecule has 116 valence electrons. The van der Waals surface area contributed by atoms with Crippen molar-refractivity contribution in [3.8, 4) is 0 Å². The molecule has 0 unspecified atom stereocenters. The lowest BCUT2D eigenvalue weighted by molar-refractivity contribution is -0.0679. The van der Waals surface area contributed by atoms with Gasteiger partial charge in [-0.3, -0.25) is 9.88 Å². The number of hydrogen-bond acceptors (Lipinski definition) is 4. The molecule has 1 aromatic heterocycles. The van der Waals surface area contributed by atoms with Gasteiger partial charge in [0.1, 0.15) is 0 Å². The van der Waals surface area contributed by atoms with E-state index in [4.69, 9.17) is 4.74 Å². The Hall–Kier alpha value is -1.66. The highest BCUT2D eigenvalue weighted by Gasteiger charge is 2.21. The molecule has 1 fully saturated rings. The quantitative estimate of drug-likeness (QED) is 0.811. The third-order valence-electron chi connectivity index (χ3n) is 3.35. The van der Waals surface area contributed by atoms with Crippen LogP contribution in [0.25, 0.3) is 0 Å². The van der Waals surface area contributed by atoms with E-state index in [-0.39, 0.29) is 18.2 Å². The molecule has 0 aromatic carbocycles. The summed E-state index contributed by atoms with van der Waals surface area (Å²) in [6, 6.07) is 3.41. The third-order valence-corrected chi connectivity index (χ3v) is 3.35. The lowest BCUT2D eigenvalue weighted by Gasteiger charge is -2.35. The molecule has 6 nitrogen and oxygen atoms in total. The summed E-state index contributed by atoms with van der Waals surface area (Å²) >= 11 is 0. The highest BCUT2D eigenvalue weighted by Crippen LogP contribution is 2.10. The fraction of sp³-hybridized carbons (Fsp3) is 0.600. The van der Waals surface area contributed by atoms with E-state index in [2.05, 4.69) is 34.4 Å². The van der Waals surface area contributed by atoms with Crippen LogP contribution in [0.15, 0.2) is 24.5 Å². The number of nitrogens with zero attached hydrogens (tertiary/aromatic N) is 2. The summed E-state index contributed by atoms with van der Waals surface area (Å²) < 4.78 is 5.70. The van der Waals surface area contributed by atoms with Gasteiger partial charge in [0.15, 0.2) is 0 Å². The molecule has 6 heteroatoms. The van der Waals surface area contributed by atoms with Gasteiger partial charge in [-0.05, 0) is 32.4 Å². The lowest BCUT2D eigenvalue weighted by Crippen LogP contribution is -2.46. The van der Waals surface area contributed by atoms with Crippen molar-refractivity contribution >= 4 is 11.7 Å². The minimum atomic E-state index is -0.188.